The van der Waals surface area contributed by atoms with Crippen LogP contribution in [0.4, 0.5) is 5.69 Å². The maximum absolute atomic E-state index is 12.0. The van der Waals surface area contributed by atoms with Crippen molar-refractivity contribution in [3.8, 4) is 10.8 Å². The van der Waals surface area contributed by atoms with Crippen LogP contribution in [0.5, 0.6) is 0 Å². The summed E-state index contributed by atoms with van der Waals surface area (Å²) in [5.41, 5.74) is 4.20. The maximum Gasteiger partial charge on any atom is 0.323 e. The van der Waals surface area contributed by atoms with Crippen molar-refractivity contribution in [1.29, 1.82) is 0 Å². The number of amides is 1. The average molecular weight is 329 g/mol. The summed E-state index contributed by atoms with van der Waals surface area (Å²) in [6, 6.07) is 3.49. The van der Waals surface area contributed by atoms with Crippen molar-refractivity contribution in [2.75, 3.05) is 11.9 Å². The Morgan fingerprint density at radius 3 is 3.04 bits per heavy atom. The van der Waals surface area contributed by atoms with E-state index < -0.39 is 11.9 Å². The normalized spacial score (nSPS) is 16.4. The van der Waals surface area contributed by atoms with Crippen molar-refractivity contribution in [1.82, 2.24) is 20.2 Å². The van der Waals surface area contributed by atoms with E-state index in [1.165, 1.54) is 11.3 Å². The number of ether oxygens (including phenoxy) is 1. The molecule has 0 spiro atoms. The van der Waals surface area contributed by atoms with Crippen molar-refractivity contribution in [3.63, 3.8) is 0 Å². The number of carbonyl (C=O) groups is 2. The van der Waals surface area contributed by atoms with Crippen LogP contribution in [0.25, 0.3) is 21.9 Å². The molecule has 116 valence electrons. The van der Waals surface area contributed by atoms with Crippen LogP contribution >= 0.6 is 11.3 Å². The molecule has 0 saturated carbocycles. The zero-order chi connectivity index (χ0) is 16.0. The molecule has 9 heteroatoms. The Morgan fingerprint density at radius 2 is 2.30 bits per heavy atom. The number of H-pyrrole nitrogens is 1. The van der Waals surface area contributed by atoms with Crippen molar-refractivity contribution >= 4 is 39.9 Å². The molecule has 0 saturated heterocycles. The molecule has 0 fully saturated rings. The van der Waals surface area contributed by atoms with Gasteiger partial charge >= 0.3 is 5.97 Å². The fourth-order valence-corrected chi connectivity index (χ4v) is 3.10. The Labute approximate surface area is 133 Å². The van der Waals surface area contributed by atoms with E-state index in [9.17, 15) is 9.59 Å². The number of anilines is 1. The maximum atomic E-state index is 12.0. The first-order valence-corrected chi connectivity index (χ1v) is 7.83. The van der Waals surface area contributed by atoms with Crippen LogP contribution in [0.3, 0.4) is 0 Å². The van der Waals surface area contributed by atoms with Crippen LogP contribution in [0.1, 0.15) is 18.4 Å². The van der Waals surface area contributed by atoms with E-state index in [4.69, 9.17) is 4.74 Å². The zero-order valence-electron chi connectivity index (χ0n) is 12.0. The fraction of sp³-hybridized carbons (Fsp3) is 0.214. The lowest BCUT2D eigenvalue weighted by Crippen LogP contribution is -2.22. The van der Waals surface area contributed by atoms with Gasteiger partial charge in [-0.25, -0.2) is 4.98 Å². The van der Waals surface area contributed by atoms with Gasteiger partial charge in [0, 0.05) is 11.3 Å². The first-order chi connectivity index (χ1) is 11.2. The summed E-state index contributed by atoms with van der Waals surface area (Å²) in [6.07, 6.45) is 0. The van der Waals surface area contributed by atoms with Crippen molar-refractivity contribution < 1.29 is 14.3 Å². The van der Waals surface area contributed by atoms with Crippen LogP contribution in [-0.4, -0.2) is 38.6 Å². The fourth-order valence-electron chi connectivity index (χ4n) is 2.60. The number of benzene rings is 1. The second-order valence-corrected chi connectivity index (χ2v) is 5.79. The summed E-state index contributed by atoms with van der Waals surface area (Å²) in [5.74, 6) is -1.28. The van der Waals surface area contributed by atoms with Crippen LogP contribution < -0.4 is 5.32 Å². The number of carbonyl (C=O) groups excluding carboxylic acids is 2. The minimum atomic E-state index is -0.948. The zero-order valence-corrected chi connectivity index (χ0v) is 12.8. The molecule has 0 bridgehead atoms. The van der Waals surface area contributed by atoms with Gasteiger partial charge in [0.05, 0.1) is 17.6 Å². The minimum Gasteiger partial charge on any atom is -0.465 e. The SMILES string of the molecule is CCOC(=O)C1C(=O)Nc2cc3[nH]c(-c4nncs4)nc3cc21. The van der Waals surface area contributed by atoms with E-state index in [0.29, 0.717) is 27.6 Å². The van der Waals surface area contributed by atoms with Crippen molar-refractivity contribution in [2.45, 2.75) is 12.8 Å². The summed E-state index contributed by atoms with van der Waals surface area (Å²) in [6.45, 7) is 1.93. The van der Waals surface area contributed by atoms with Crippen LogP contribution in [0.15, 0.2) is 17.6 Å². The molecule has 4 rings (SSSR count). The summed E-state index contributed by atoms with van der Waals surface area (Å²) in [5, 5.41) is 11.1. The highest BCUT2D eigenvalue weighted by atomic mass is 32.1. The van der Waals surface area contributed by atoms with Crippen molar-refractivity contribution in [3.05, 3.63) is 23.2 Å². The Hall–Kier alpha value is -2.81. The predicted molar refractivity (Wildman–Crippen MR) is 83.0 cm³/mol. The molecular formula is C14H11N5O3S. The molecule has 0 radical (unpaired) electrons. The summed E-state index contributed by atoms with van der Waals surface area (Å²) in [4.78, 5) is 31.7. The molecule has 0 aliphatic carbocycles. The van der Waals surface area contributed by atoms with Gasteiger partial charge in [0.25, 0.3) is 0 Å². The molecule has 1 aromatic carbocycles. The first-order valence-electron chi connectivity index (χ1n) is 6.95. The number of nitrogens with one attached hydrogen (secondary N) is 2. The molecule has 8 nitrogen and oxygen atoms in total. The largest absolute Gasteiger partial charge is 0.465 e. The smallest absolute Gasteiger partial charge is 0.323 e. The highest BCUT2D eigenvalue weighted by Gasteiger charge is 2.38. The van der Waals surface area contributed by atoms with Gasteiger partial charge in [0.15, 0.2) is 16.7 Å². The third-order valence-electron chi connectivity index (χ3n) is 3.57. The highest BCUT2D eigenvalue weighted by Crippen LogP contribution is 2.36. The molecule has 1 atom stereocenters. The number of hydrogen-bond donors (Lipinski definition) is 2. The number of aromatic nitrogens is 4. The van der Waals surface area contributed by atoms with E-state index in [-0.39, 0.29) is 12.5 Å². The Kier molecular flexibility index (Phi) is 3.08. The van der Waals surface area contributed by atoms with Crippen LogP contribution in [0, 0.1) is 0 Å². The van der Waals surface area contributed by atoms with Gasteiger partial charge in [0.2, 0.25) is 5.91 Å². The second kappa shape index (κ2) is 5.13. The van der Waals surface area contributed by atoms with E-state index in [0.717, 1.165) is 5.52 Å². The van der Waals surface area contributed by atoms with Gasteiger partial charge in [-0.15, -0.1) is 10.2 Å². The number of nitrogens with zero attached hydrogens (tertiary/aromatic N) is 3. The van der Waals surface area contributed by atoms with Gasteiger partial charge in [0.1, 0.15) is 5.51 Å². The van der Waals surface area contributed by atoms with Gasteiger partial charge < -0.3 is 15.0 Å². The Morgan fingerprint density at radius 1 is 1.43 bits per heavy atom. The Bertz CT molecular complexity index is 918. The third-order valence-corrected chi connectivity index (χ3v) is 4.27. The van der Waals surface area contributed by atoms with Gasteiger partial charge in [-0.05, 0) is 19.1 Å². The molecule has 3 heterocycles. The third kappa shape index (κ3) is 2.16. The number of esters is 1. The number of fused-ring (bicyclic) bond motifs is 2. The molecule has 1 unspecified atom stereocenters. The number of hydrogen-bond acceptors (Lipinski definition) is 7. The molecule has 1 amide bonds. The second-order valence-electron chi connectivity index (χ2n) is 4.96. The molecule has 3 aromatic rings. The lowest BCUT2D eigenvalue weighted by atomic mass is 10.0. The predicted octanol–water partition coefficient (Wildman–Crippen LogP) is 1.68. The van der Waals surface area contributed by atoms with Crippen LogP contribution in [0.2, 0.25) is 0 Å². The van der Waals surface area contributed by atoms with E-state index in [2.05, 4.69) is 25.5 Å². The van der Waals surface area contributed by atoms with E-state index in [1.807, 2.05) is 0 Å². The summed E-state index contributed by atoms with van der Waals surface area (Å²) < 4.78 is 4.98. The molecular weight excluding hydrogens is 318 g/mol. The quantitative estimate of drug-likeness (QED) is 0.559. The highest BCUT2D eigenvalue weighted by molar-refractivity contribution is 7.12. The van der Waals surface area contributed by atoms with Crippen molar-refractivity contribution in [2.24, 2.45) is 0 Å². The summed E-state index contributed by atoms with van der Waals surface area (Å²) in [7, 11) is 0. The number of aromatic amines is 1. The van der Waals surface area contributed by atoms with Gasteiger partial charge in [-0.3, -0.25) is 9.59 Å². The lowest BCUT2D eigenvalue weighted by molar-refractivity contribution is -0.147. The average Bonchev–Trinajstić information content (AvgIpc) is 3.21. The number of imidazole rings is 1. The van der Waals surface area contributed by atoms with E-state index in [1.54, 1.807) is 24.6 Å². The first kappa shape index (κ1) is 13.8. The molecule has 1 aliphatic rings. The molecule has 2 aromatic heterocycles. The van der Waals surface area contributed by atoms with E-state index >= 15 is 0 Å². The lowest BCUT2D eigenvalue weighted by Gasteiger charge is -2.07. The molecule has 1 aliphatic heterocycles. The number of rotatable bonds is 3. The van der Waals surface area contributed by atoms with Crippen LogP contribution in [-0.2, 0) is 14.3 Å². The topological polar surface area (TPSA) is 110 Å². The van der Waals surface area contributed by atoms with Gasteiger partial charge in [-0.2, -0.15) is 0 Å². The summed E-state index contributed by atoms with van der Waals surface area (Å²) >= 11 is 1.37. The molecule has 23 heavy (non-hydrogen) atoms. The Balaban J connectivity index is 1.80. The van der Waals surface area contributed by atoms with Gasteiger partial charge in [-0.1, -0.05) is 11.3 Å². The molecule has 2 N–H and O–H groups in total. The monoisotopic (exact) mass is 329 g/mol. The minimum absolute atomic E-state index is 0.226. The standard InChI is InChI=1S/C14H11N5O3S/c1-2-22-14(21)10-6-3-8-9(4-7(6)18-12(10)20)17-11(16-8)13-19-15-5-23-13/h3-5,10H,2H2,1H3,(H,16,17)(H,18,20).